The Morgan fingerprint density at radius 1 is 1.19 bits per heavy atom. The van der Waals surface area contributed by atoms with Crippen molar-refractivity contribution in [2.24, 2.45) is 5.73 Å². The number of allylic oxidation sites excluding steroid dienone is 1. The molecule has 0 bridgehead atoms. The highest BCUT2D eigenvalue weighted by molar-refractivity contribution is 5.30. The van der Waals surface area contributed by atoms with Crippen LogP contribution in [0.3, 0.4) is 0 Å². The SMILES string of the molecule is NCC/C=C1/CCCCC1c1ccccc1. The highest BCUT2D eigenvalue weighted by Crippen LogP contribution is 2.37. The van der Waals surface area contributed by atoms with E-state index in [2.05, 4.69) is 36.4 Å². The first-order valence-electron chi connectivity index (χ1n) is 6.36. The third-order valence-electron chi connectivity index (χ3n) is 3.43. The largest absolute Gasteiger partial charge is 0.330 e. The van der Waals surface area contributed by atoms with E-state index < -0.39 is 0 Å². The quantitative estimate of drug-likeness (QED) is 0.766. The fraction of sp³-hybridized carbons (Fsp3) is 0.467. The summed E-state index contributed by atoms with van der Waals surface area (Å²) in [5.41, 5.74) is 8.68. The first kappa shape index (κ1) is 11.4. The van der Waals surface area contributed by atoms with Crippen LogP contribution in [0, 0.1) is 0 Å². The minimum absolute atomic E-state index is 0.654. The molecule has 0 aromatic heterocycles. The van der Waals surface area contributed by atoms with Crippen molar-refractivity contribution in [3.63, 3.8) is 0 Å². The van der Waals surface area contributed by atoms with E-state index in [4.69, 9.17) is 5.73 Å². The molecule has 1 aromatic rings. The summed E-state index contributed by atoms with van der Waals surface area (Å²) in [6.45, 7) is 0.769. The second kappa shape index (κ2) is 5.86. The van der Waals surface area contributed by atoms with Gasteiger partial charge in [-0.05, 0) is 37.8 Å². The van der Waals surface area contributed by atoms with Gasteiger partial charge in [0.2, 0.25) is 0 Å². The second-order valence-corrected chi connectivity index (χ2v) is 4.57. The molecule has 1 unspecified atom stereocenters. The zero-order chi connectivity index (χ0) is 11.2. The Labute approximate surface area is 98.4 Å². The standard InChI is InChI=1S/C15H21N/c16-12-6-10-14-9-4-5-11-15(14)13-7-2-1-3-8-13/h1-3,7-8,10,15H,4-6,9,11-12,16H2/b14-10-. The monoisotopic (exact) mass is 215 g/mol. The van der Waals surface area contributed by atoms with Crippen molar-refractivity contribution in [1.82, 2.24) is 0 Å². The van der Waals surface area contributed by atoms with Gasteiger partial charge in [-0.25, -0.2) is 0 Å². The molecular formula is C15H21N. The molecule has 2 rings (SSSR count). The molecule has 0 heterocycles. The Morgan fingerprint density at radius 3 is 2.75 bits per heavy atom. The van der Waals surface area contributed by atoms with Gasteiger partial charge in [-0.1, -0.05) is 48.4 Å². The molecule has 0 aliphatic heterocycles. The average Bonchev–Trinajstić information content (AvgIpc) is 2.38. The van der Waals surface area contributed by atoms with Gasteiger partial charge in [-0.3, -0.25) is 0 Å². The third kappa shape index (κ3) is 2.73. The maximum atomic E-state index is 5.59. The van der Waals surface area contributed by atoms with Gasteiger partial charge in [0, 0.05) is 5.92 Å². The molecule has 0 saturated heterocycles. The molecule has 86 valence electrons. The topological polar surface area (TPSA) is 26.0 Å². The van der Waals surface area contributed by atoms with Crippen LogP contribution in [0.5, 0.6) is 0 Å². The molecule has 16 heavy (non-hydrogen) atoms. The van der Waals surface area contributed by atoms with E-state index >= 15 is 0 Å². The summed E-state index contributed by atoms with van der Waals surface area (Å²) in [5, 5.41) is 0. The first-order chi connectivity index (χ1) is 7.92. The van der Waals surface area contributed by atoms with E-state index in [9.17, 15) is 0 Å². The summed E-state index contributed by atoms with van der Waals surface area (Å²) >= 11 is 0. The molecular weight excluding hydrogens is 194 g/mol. The van der Waals surface area contributed by atoms with Crippen molar-refractivity contribution in [2.75, 3.05) is 6.54 Å². The van der Waals surface area contributed by atoms with Crippen molar-refractivity contribution in [1.29, 1.82) is 0 Å². The molecule has 1 aliphatic carbocycles. The average molecular weight is 215 g/mol. The summed E-state index contributed by atoms with van der Waals surface area (Å²) in [7, 11) is 0. The lowest BCUT2D eigenvalue weighted by Crippen LogP contribution is -2.09. The van der Waals surface area contributed by atoms with Crippen LogP contribution in [0.2, 0.25) is 0 Å². The molecule has 1 aliphatic rings. The lowest BCUT2D eigenvalue weighted by atomic mass is 9.79. The number of hydrogen-bond donors (Lipinski definition) is 1. The summed E-state index contributed by atoms with van der Waals surface area (Å²) in [4.78, 5) is 0. The summed E-state index contributed by atoms with van der Waals surface area (Å²) in [5.74, 6) is 0.654. The second-order valence-electron chi connectivity index (χ2n) is 4.57. The maximum absolute atomic E-state index is 5.59. The molecule has 1 heteroatoms. The molecule has 0 spiro atoms. The van der Waals surface area contributed by atoms with Crippen molar-refractivity contribution in [3.05, 3.63) is 47.5 Å². The van der Waals surface area contributed by atoms with Crippen LogP contribution in [0.4, 0.5) is 0 Å². The number of nitrogens with two attached hydrogens (primary N) is 1. The summed E-state index contributed by atoms with van der Waals surface area (Å²) < 4.78 is 0. The molecule has 1 fully saturated rings. The van der Waals surface area contributed by atoms with Gasteiger partial charge in [0.15, 0.2) is 0 Å². The Balaban J connectivity index is 2.17. The zero-order valence-corrected chi connectivity index (χ0v) is 9.86. The lowest BCUT2D eigenvalue weighted by molar-refractivity contribution is 0.538. The Hall–Kier alpha value is -1.08. The van der Waals surface area contributed by atoms with Gasteiger partial charge in [0.1, 0.15) is 0 Å². The van der Waals surface area contributed by atoms with Gasteiger partial charge in [-0.2, -0.15) is 0 Å². The van der Waals surface area contributed by atoms with Gasteiger partial charge in [0.25, 0.3) is 0 Å². The number of hydrogen-bond acceptors (Lipinski definition) is 1. The summed E-state index contributed by atoms with van der Waals surface area (Å²) in [6.07, 6.45) is 8.68. The predicted molar refractivity (Wildman–Crippen MR) is 69.4 cm³/mol. The van der Waals surface area contributed by atoms with E-state index in [0.29, 0.717) is 5.92 Å². The van der Waals surface area contributed by atoms with Gasteiger partial charge in [-0.15, -0.1) is 0 Å². The molecule has 1 saturated carbocycles. The molecule has 2 N–H and O–H groups in total. The normalized spacial score (nSPS) is 23.6. The molecule has 1 aromatic carbocycles. The van der Waals surface area contributed by atoms with Crippen LogP contribution in [0.25, 0.3) is 0 Å². The van der Waals surface area contributed by atoms with Gasteiger partial charge >= 0.3 is 0 Å². The van der Waals surface area contributed by atoms with Crippen molar-refractivity contribution in [2.45, 2.75) is 38.0 Å². The Kier molecular flexibility index (Phi) is 4.17. The fourth-order valence-electron chi connectivity index (χ4n) is 2.62. The molecule has 0 radical (unpaired) electrons. The Bertz CT molecular complexity index is 340. The van der Waals surface area contributed by atoms with Crippen molar-refractivity contribution < 1.29 is 0 Å². The van der Waals surface area contributed by atoms with Crippen LogP contribution >= 0.6 is 0 Å². The van der Waals surface area contributed by atoms with Crippen LogP contribution in [0.1, 0.15) is 43.6 Å². The molecule has 0 amide bonds. The highest BCUT2D eigenvalue weighted by atomic mass is 14.5. The van der Waals surface area contributed by atoms with Crippen LogP contribution in [0.15, 0.2) is 42.0 Å². The first-order valence-corrected chi connectivity index (χ1v) is 6.36. The van der Waals surface area contributed by atoms with Crippen LogP contribution < -0.4 is 5.73 Å². The number of benzene rings is 1. The van der Waals surface area contributed by atoms with E-state index in [1.165, 1.54) is 31.2 Å². The van der Waals surface area contributed by atoms with Crippen molar-refractivity contribution >= 4 is 0 Å². The highest BCUT2D eigenvalue weighted by Gasteiger charge is 2.19. The van der Waals surface area contributed by atoms with Crippen molar-refractivity contribution in [3.8, 4) is 0 Å². The fourth-order valence-corrected chi connectivity index (χ4v) is 2.62. The Morgan fingerprint density at radius 2 is 2.00 bits per heavy atom. The summed E-state index contributed by atoms with van der Waals surface area (Å²) in [6, 6.07) is 10.9. The van der Waals surface area contributed by atoms with Gasteiger partial charge in [0.05, 0.1) is 0 Å². The lowest BCUT2D eigenvalue weighted by Gasteiger charge is -2.26. The molecule has 1 atom stereocenters. The predicted octanol–water partition coefficient (Wildman–Crippen LogP) is 3.62. The van der Waals surface area contributed by atoms with E-state index in [-0.39, 0.29) is 0 Å². The van der Waals surface area contributed by atoms with E-state index in [1.807, 2.05) is 0 Å². The number of rotatable bonds is 3. The van der Waals surface area contributed by atoms with Crippen LogP contribution in [-0.2, 0) is 0 Å². The van der Waals surface area contributed by atoms with Gasteiger partial charge < -0.3 is 5.73 Å². The van der Waals surface area contributed by atoms with E-state index in [0.717, 1.165) is 13.0 Å². The maximum Gasteiger partial charge on any atom is 0.00481 e. The smallest absolute Gasteiger partial charge is 0.00481 e. The minimum Gasteiger partial charge on any atom is -0.330 e. The minimum atomic E-state index is 0.654. The van der Waals surface area contributed by atoms with E-state index in [1.54, 1.807) is 5.57 Å². The third-order valence-corrected chi connectivity index (χ3v) is 3.43. The van der Waals surface area contributed by atoms with Crippen LogP contribution in [-0.4, -0.2) is 6.54 Å². The zero-order valence-electron chi connectivity index (χ0n) is 9.86. The molecule has 1 nitrogen and oxygen atoms in total.